The first-order chi connectivity index (χ1) is 5.90. The first kappa shape index (κ1) is 8.10. The second-order valence-electron chi connectivity index (χ2n) is 4.44. The Labute approximate surface area is 74.8 Å². The molecule has 12 heavy (non-hydrogen) atoms. The molecule has 2 aliphatic carbocycles. The zero-order valence-corrected chi connectivity index (χ0v) is 7.63. The molecule has 2 saturated carbocycles. The van der Waals surface area contributed by atoms with Crippen LogP contribution in [0, 0.1) is 29.1 Å². The van der Waals surface area contributed by atoms with Crippen LogP contribution in [0.15, 0.2) is 0 Å². The van der Waals surface area contributed by atoms with Crippen LogP contribution in [-0.2, 0) is 0 Å². The number of hydrogen-bond donors (Lipinski definition) is 0. The van der Waals surface area contributed by atoms with Crippen molar-refractivity contribution in [3.8, 4) is 6.07 Å². The molecule has 2 aliphatic rings. The quantitative estimate of drug-likeness (QED) is 0.582. The molecule has 0 bridgehead atoms. The van der Waals surface area contributed by atoms with Gasteiger partial charge in [-0.15, -0.1) is 0 Å². The molecule has 0 aromatic heterocycles. The predicted octanol–water partition coefficient (Wildman–Crippen LogP) is 3.12. The van der Waals surface area contributed by atoms with Crippen LogP contribution in [0.5, 0.6) is 0 Å². The van der Waals surface area contributed by atoms with Gasteiger partial charge in [-0.2, -0.15) is 5.26 Å². The molecule has 0 heterocycles. The molecule has 0 aromatic carbocycles. The van der Waals surface area contributed by atoms with E-state index in [4.69, 9.17) is 5.26 Å². The van der Waals surface area contributed by atoms with E-state index < -0.39 is 0 Å². The van der Waals surface area contributed by atoms with Crippen molar-refractivity contribution >= 4 is 0 Å². The van der Waals surface area contributed by atoms with Crippen LogP contribution < -0.4 is 0 Å². The van der Waals surface area contributed by atoms with E-state index in [9.17, 15) is 0 Å². The fourth-order valence-corrected chi connectivity index (χ4v) is 2.99. The molecule has 2 atom stereocenters. The standard InChI is InChI=1S/C11H17N/c12-8-9-5-6-11(7-9)10-3-1-2-4-10/h9-11H,1-7H2. The summed E-state index contributed by atoms with van der Waals surface area (Å²) in [6, 6.07) is 2.42. The summed E-state index contributed by atoms with van der Waals surface area (Å²) >= 11 is 0. The Morgan fingerprint density at radius 1 is 0.917 bits per heavy atom. The maximum atomic E-state index is 8.78. The van der Waals surface area contributed by atoms with Crippen molar-refractivity contribution in [2.45, 2.75) is 44.9 Å². The van der Waals surface area contributed by atoms with E-state index in [0.717, 1.165) is 11.8 Å². The van der Waals surface area contributed by atoms with Gasteiger partial charge in [-0.1, -0.05) is 25.7 Å². The lowest BCUT2D eigenvalue weighted by Crippen LogP contribution is -2.07. The Morgan fingerprint density at radius 3 is 2.25 bits per heavy atom. The van der Waals surface area contributed by atoms with Crippen molar-refractivity contribution in [2.75, 3.05) is 0 Å². The lowest BCUT2D eigenvalue weighted by molar-refractivity contribution is 0.342. The van der Waals surface area contributed by atoms with E-state index in [1.54, 1.807) is 0 Å². The maximum absolute atomic E-state index is 8.78. The summed E-state index contributed by atoms with van der Waals surface area (Å²) in [6.45, 7) is 0. The molecule has 2 rings (SSSR count). The highest BCUT2D eigenvalue weighted by atomic mass is 14.4. The first-order valence-electron chi connectivity index (χ1n) is 5.30. The van der Waals surface area contributed by atoms with Crippen molar-refractivity contribution in [2.24, 2.45) is 17.8 Å². The van der Waals surface area contributed by atoms with Gasteiger partial charge >= 0.3 is 0 Å². The highest BCUT2D eigenvalue weighted by molar-refractivity contribution is 4.92. The van der Waals surface area contributed by atoms with Crippen LogP contribution in [0.4, 0.5) is 0 Å². The van der Waals surface area contributed by atoms with Gasteiger partial charge in [0.15, 0.2) is 0 Å². The van der Waals surface area contributed by atoms with Gasteiger partial charge in [0.25, 0.3) is 0 Å². The van der Waals surface area contributed by atoms with Crippen molar-refractivity contribution in [3.05, 3.63) is 0 Å². The Kier molecular flexibility index (Phi) is 2.35. The monoisotopic (exact) mass is 163 g/mol. The molecular weight excluding hydrogens is 146 g/mol. The SMILES string of the molecule is N#CC1CCC(C2CCCC2)C1. The van der Waals surface area contributed by atoms with Crippen molar-refractivity contribution < 1.29 is 0 Å². The third kappa shape index (κ3) is 1.48. The second-order valence-corrected chi connectivity index (χ2v) is 4.44. The third-order valence-electron chi connectivity index (χ3n) is 3.72. The molecule has 0 spiro atoms. The minimum absolute atomic E-state index is 0.399. The van der Waals surface area contributed by atoms with E-state index in [1.807, 2.05) is 0 Å². The molecule has 2 fully saturated rings. The fraction of sp³-hybridized carbons (Fsp3) is 0.909. The summed E-state index contributed by atoms with van der Waals surface area (Å²) in [4.78, 5) is 0. The molecular formula is C11H17N. The fourth-order valence-electron chi connectivity index (χ4n) is 2.99. The molecule has 0 radical (unpaired) electrons. The largest absolute Gasteiger partial charge is 0.198 e. The Balaban J connectivity index is 1.86. The topological polar surface area (TPSA) is 23.8 Å². The summed E-state index contributed by atoms with van der Waals surface area (Å²) in [7, 11) is 0. The summed E-state index contributed by atoms with van der Waals surface area (Å²) in [5, 5.41) is 8.78. The Morgan fingerprint density at radius 2 is 1.67 bits per heavy atom. The molecule has 0 amide bonds. The van der Waals surface area contributed by atoms with Crippen molar-refractivity contribution in [1.82, 2.24) is 0 Å². The van der Waals surface area contributed by atoms with E-state index in [2.05, 4.69) is 6.07 Å². The molecule has 0 N–H and O–H groups in total. The molecule has 0 aromatic rings. The zero-order chi connectivity index (χ0) is 8.39. The predicted molar refractivity (Wildman–Crippen MR) is 48.4 cm³/mol. The molecule has 0 aliphatic heterocycles. The second kappa shape index (κ2) is 3.47. The molecule has 66 valence electrons. The van der Waals surface area contributed by atoms with Gasteiger partial charge in [-0.25, -0.2) is 0 Å². The highest BCUT2D eigenvalue weighted by Crippen LogP contribution is 2.42. The third-order valence-corrected chi connectivity index (χ3v) is 3.72. The van der Waals surface area contributed by atoms with Gasteiger partial charge in [-0.3, -0.25) is 0 Å². The normalized spacial score (nSPS) is 36.9. The average molecular weight is 163 g/mol. The molecule has 1 heteroatoms. The number of nitrogens with zero attached hydrogens (tertiary/aromatic N) is 1. The van der Waals surface area contributed by atoms with Crippen LogP contribution in [0.1, 0.15) is 44.9 Å². The van der Waals surface area contributed by atoms with Gasteiger partial charge in [0.05, 0.1) is 6.07 Å². The van der Waals surface area contributed by atoms with Crippen molar-refractivity contribution in [3.63, 3.8) is 0 Å². The average Bonchev–Trinajstić information content (AvgIpc) is 2.75. The van der Waals surface area contributed by atoms with Crippen LogP contribution in [-0.4, -0.2) is 0 Å². The van der Waals surface area contributed by atoms with Gasteiger partial charge < -0.3 is 0 Å². The summed E-state index contributed by atoms with van der Waals surface area (Å²) < 4.78 is 0. The molecule has 2 unspecified atom stereocenters. The van der Waals surface area contributed by atoms with E-state index in [-0.39, 0.29) is 0 Å². The van der Waals surface area contributed by atoms with Gasteiger partial charge in [0.1, 0.15) is 0 Å². The number of hydrogen-bond acceptors (Lipinski definition) is 1. The smallest absolute Gasteiger partial charge is 0.0655 e. The molecule has 1 nitrogen and oxygen atoms in total. The summed E-state index contributed by atoms with van der Waals surface area (Å²) in [5.74, 6) is 2.30. The highest BCUT2D eigenvalue weighted by Gasteiger charge is 2.31. The van der Waals surface area contributed by atoms with E-state index in [1.165, 1.54) is 44.9 Å². The maximum Gasteiger partial charge on any atom is 0.0655 e. The number of rotatable bonds is 1. The lowest BCUT2D eigenvalue weighted by atomic mass is 9.89. The lowest BCUT2D eigenvalue weighted by Gasteiger charge is -2.16. The van der Waals surface area contributed by atoms with Crippen LogP contribution in [0.2, 0.25) is 0 Å². The zero-order valence-electron chi connectivity index (χ0n) is 7.63. The van der Waals surface area contributed by atoms with Gasteiger partial charge in [0.2, 0.25) is 0 Å². The Hall–Kier alpha value is -0.510. The Bertz CT molecular complexity index is 186. The van der Waals surface area contributed by atoms with Crippen LogP contribution in [0.25, 0.3) is 0 Å². The van der Waals surface area contributed by atoms with Crippen LogP contribution in [0.3, 0.4) is 0 Å². The van der Waals surface area contributed by atoms with E-state index >= 15 is 0 Å². The number of nitriles is 1. The van der Waals surface area contributed by atoms with E-state index in [0.29, 0.717) is 5.92 Å². The van der Waals surface area contributed by atoms with Gasteiger partial charge in [-0.05, 0) is 31.1 Å². The minimum Gasteiger partial charge on any atom is -0.198 e. The van der Waals surface area contributed by atoms with Crippen LogP contribution >= 0.6 is 0 Å². The minimum atomic E-state index is 0.399. The summed E-state index contributed by atoms with van der Waals surface area (Å²) in [6.07, 6.45) is 9.50. The van der Waals surface area contributed by atoms with Crippen molar-refractivity contribution in [1.29, 1.82) is 5.26 Å². The van der Waals surface area contributed by atoms with Gasteiger partial charge in [0, 0.05) is 5.92 Å². The summed E-state index contributed by atoms with van der Waals surface area (Å²) in [5.41, 5.74) is 0. The first-order valence-corrected chi connectivity index (χ1v) is 5.30. The molecule has 0 saturated heterocycles.